The summed E-state index contributed by atoms with van der Waals surface area (Å²) < 4.78 is 17.5. The molecule has 68 heavy (non-hydrogen) atoms. The Bertz CT molecular complexity index is 1040. The van der Waals surface area contributed by atoms with E-state index in [2.05, 4.69) is 45.1 Å². The summed E-state index contributed by atoms with van der Waals surface area (Å²) in [6.07, 6.45) is 72.1. The number of unbranched alkanes of at least 4 members (excludes halogenated alkanes) is 43. The Balaban J connectivity index is 4.20. The van der Waals surface area contributed by atoms with Gasteiger partial charge in [0, 0.05) is 19.4 Å². The fourth-order valence-electron chi connectivity index (χ4n) is 9.33. The summed E-state index contributed by atoms with van der Waals surface area (Å²) in [6.45, 7) is 7.89. The van der Waals surface area contributed by atoms with Crippen molar-refractivity contribution < 1.29 is 23.8 Å². The number of esters is 2. The first-order valence-corrected chi connectivity index (χ1v) is 30.9. The Morgan fingerprint density at radius 1 is 0.309 bits per heavy atom. The summed E-state index contributed by atoms with van der Waals surface area (Å²) in [5, 5.41) is 0. The molecule has 402 valence electrons. The molecule has 0 saturated carbocycles. The van der Waals surface area contributed by atoms with E-state index in [1.807, 2.05) is 0 Å². The second-order valence-electron chi connectivity index (χ2n) is 21.0. The standard InChI is InChI=1S/C63H120O5/c1-4-7-10-13-16-19-22-25-28-30-31-32-33-34-36-39-42-45-48-51-54-57-63(65)68-61(59-66-58-55-52-49-46-43-40-37-29-26-23-20-17-14-11-8-5-2)60-67-62(64)56-53-50-47-44-41-38-35-27-24-21-18-15-12-9-6-3/h21,24-25,28,61H,4-20,22-23,26-27,29-60H2,1-3H3/b24-21-,28-25-/t61-/m1/s1. The van der Waals surface area contributed by atoms with Gasteiger partial charge in [0.05, 0.1) is 6.61 Å². The summed E-state index contributed by atoms with van der Waals surface area (Å²) >= 11 is 0. The van der Waals surface area contributed by atoms with Gasteiger partial charge in [0.25, 0.3) is 0 Å². The number of ether oxygens (including phenoxy) is 3. The quantitative estimate of drug-likeness (QED) is 0.0345. The molecule has 0 bridgehead atoms. The van der Waals surface area contributed by atoms with Crippen LogP contribution in [0.3, 0.4) is 0 Å². The van der Waals surface area contributed by atoms with E-state index in [0.29, 0.717) is 26.1 Å². The summed E-state index contributed by atoms with van der Waals surface area (Å²) in [6, 6.07) is 0. The van der Waals surface area contributed by atoms with Crippen LogP contribution in [0.25, 0.3) is 0 Å². The van der Waals surface area contributed by atoms with Crippen LogP contribution in [-0.4, -0.2) is 37.9 Å². The summed E-state index contributed by atoms with van der Waals surface area (Å²) in [5.41, 5.74) is 0. The molecule has 0 aliphatic heterocycles. The van der Waals surface area contributed by atoms with Gasteiger partial charge in [-0.25, -0.2) is 0 Å². The van der Waals surface area contributed by atoms with Crippen LogP contribution in [0.15, 0.2) is 24.3 Å². The number of hydrogen-bond acceptors (Lipinski definition) is 5. The maximum absolute atomic E-state index is 12.9. The third-order valence-corrected chi connectivity index (χ3v) is 14.0. The highest BCUT2D eigenvalue weighted by Gasteiger charge is 2.18. The Morgan fingerprint density at radius 2 is 0.574 bits per heavy atom. The molecule has 0 rings (SSSR count). The highest BCUT2D eigenvalue weighted by molar-refractivity contribution is 5.70. The third-order valence-electron chi connectivity index (χ3n) is 14.0. The molecule has 0 aromatic heterocycles. The molecule has 0 amide bonds. The average molecular weight is 958 g/mol. The van der Waals surface area contributed by atoms with Gasteiger partial charge in [-0.05, 0) is 70.6 Å². The topological polar surface area (TPSA) is 61.8 Å². The lowest BCUT2D eigenvalue weighted by Crippen LogP contribution is -2.30. The van der Waals surface area contributed by atoms with Crippen LogP contribution in [0.4, 0.5) is 0 Å². The number of allylic oxidation sites excluding steroid dienone is 4. The fourth-order valence-corrected chi connectivity index (χ4v) is 9.33. The van der Waals surface area contributed by atoms with E-state index in [1.54, 1.807) is 0 Å². The van der Waals surface area contributed by atoms with E-state index >= 15 is 0 Å². The first-order valence-electron chi connectivity index (χ1n) is 30.9. The Labute approximate surface area is 426 Å². The zero-order valence-corrected chi connectivity index (χ0v) is 46.4. The minimum atomic E-state index is -0.533. The molecule has 0 unspecified atom stereocenters. The lowest BCUT2D eigenvalue weighted by Gasteiger charge is -2.18. The summed E-state index contributed by atoms with van der Waals surface area (Å²) in [4.78, 5) is 25.6. The second-order valence-corrected chi connectivity index (χ2v) is 21.0. The third kappa shape index (κ3) is 57.0. The molecule has 5 heteroatoms. The van der Waals surface area contributed by atoms with Crippen LogP contribution in [0.5, 0.6) is 0 Å². The molecule has 0 aromatic carbocycles. The fraction of sp³-hybridized carbons (Fsp3) is 0.905. The minimum absolute atomic E-state index is 0.0904. The smallest absolute Gasteiger partial charge is 0.306 e. The van der Waals surface area contributed by atoms with Crippen molar-refractivity contribution in [2.75, 3.05) is 19.8 Å². The molecule has 0 fully saturated rings. The monoisotopic (exact) mass is 957 g/mol. The van der Waals surface area contributed by atoms with Gasteiger partial charge in [0.1, 0.15) is 6.61 Å². The van der Waals surface area contributed by atoms with Gasteiger partial charge in [-0.1, -0.05) is 283 Å². The maximum atomic E-state index is 12.9. The van der Waals surface area contributed by atoms with Gasteiger partial charge in [-0.2, -0.15) is 0 Å². The molecule has 0 heterocycles. The second kappa shape index (κ2) is 59.7. The Kier molecular flexibility index (Phi) is 58.3. The van der Waals surface area contributed by atoms with Gasteiger partial charge >= 0.3 is 11.9 Å². The number of carbonyl (C=O) groups is 2. The van der Waals surface area contributed by atoms with E-state index in [1.165, 1.54) is 276 Å². The molecular formula is C63H120O5. The first-order chi connectivity index (χ1) is 33.6. The van der Waals surface area contributed by atoms with E-state index < -0.39 is 6.10 Å². The van der Waals surface area contributed by atoms with Crippen LogP contribution in [0.2, 0.25) is 0 Å². The van der Waals surface area contributed by atoms with Crippen molar-refractivity contribution in [3.8, 4) is 0 Å². The molecule has 0 aliphatic carbocycles. The van der Waals surface area contributed by atoms with Gasteiger partial charge in [0.15, 0.2) is 6.10 Å². The molecule has 0 aromatic rings. The largest absolute Gasteiger partial charge is 0.462 e. The van der Waals surface area contributed by atoms with Crippen molar-refractivity contribution >= 4 is 11.9 Å². The van der Waals surface area contributed by atoms with Crippen molar-refractivity contribution in [1.82, 2.24) is 0 Å². The zero-order chi connectivity index (χ0) is 49.2. The van der Waals surface area contributed by atoms with Crippen molar-refractivity contribution in [1.29, 1.82) is 0 Å². The highest BCUT2D eigenvalue weighted by Crippen LogP contribution is 2.17. The Hall–Kier alpha value is -1.62. The molecule has 0 N–H and O–H groups in total. The first kappa shape index (κ1) is 66.4. The van der Waals surface area contributed by atoms with Crippen molar-refractivity contribution in [3.05, 3.63) is 24.3 Å². The predicted molar refractivity (Wildman–Crippen MR) is 298 cm³/mol. The summed E-state index contributed by atoms with van der Waals surface area (Å²) in [7, 11) is 0. The van der Waals surface area contributed by atoms with Crippen LogP contribution < -0.4 is 0 Å². The van der Waals surface area contributed by atoms with Gasteiger partial charge in [0.2, 0.25) is 0 Å². The lowest BCUT2D eigenvalue weighted by atomic mass is 10.0. The molecule has 0 radical (unpaired) electrons. The minimum Gasteiger partial charge on any atom is -0.462 e. The van der Waals surface area contributed by atoms with Crippen LogP contribution >= 0.6 is 0 Å². The van der Waals surface area contributed by atoms with Crippen molar-refractivity contribution in [2.45, 2.75) is 348 Å². The maximum Gasteiger partial charge on any atom is 0.306 e. The van der Waals surface area contributed by atoms with Crippen LogP contribution in [0.1, 0.15) is 342 Å². The normalized spacial score (nSPS) is 12.2. The SMILES string of the molecule is CCCCCC/C=C\CCCCCCCCCC(=O)OC[C@@H](COCCCCCCCCCCCCCCCCCC)OC(=O)CCCCCCCCCCCCC/C=C\CCCCCCCC. The molecule has 0 spiro atoms. The average Bonchev–Trinajstić information content (AvgIpc) is 3.34. The van der Waals surface area contributed by atoms with Crippen molar-refractivity contribution in [3.63, 3.8) is 0 Å². The molecule has 5 nitrogen and oxygen atoms in total. The molecule has 0 aliphatic rings. The van der Waals surface area contributed by atoms with Gasteiger partial charge < -0.3 is 14.2 Å². The zero-order valence-electron chi connectivity index (χ0n) is 46.4. The van der Waals surface area contributed by atoms with E-state index in [-0.39, 0.29) is 18.5 Å². The summed E-state index contributed by atoms with van der Waals surface area (Å²) in [5.74, 6) is -0.379. The lowest BCUT2D eigenvalue weighted by molar-refractivity contribution is -0.163. The van der Waals surface area contributed by atoms with Crippen LogP contribution in [-0.2, 0) is 23.8 Å². The number of carbonyl (C=O) groups excluding carboxylic acids is 2. The Morgan fingerprint density at radius 3 is 0.912 bits per heavy atom. The number of hydrogen-bond donors (Lipinski definition) is 0. The van der Waals surface area contributed by atoms with Gasteiger partial charge in [-0.15, -0.1) is 0 Å². The number of rotatable bonds is 58. The van der Waals surface area contributed by atoms with E-state index in [4.69, 9.17) is 14.2 Å². The van der Waals surface area contributed by atoms with Crippen LogP contribution in [0, 0.1) is 0 Å². The molecule has 0 saturated heterocycles. The van der Waals surface area contributed by atoms with E-state index in [9.17, 15) is 9.59 Å². The molecular weight excluding hydrogens is 837 g/mol. The predicted octanol–water partition coefficient (Wildman–Crippen LogP) is 21.1. The molecule has 1 atom stereocenters. The van der Waals surface area contributed by atoms with Gasteiger partial charge in [-0.3, -0.25) is 9.59 Å². The van der Waals surface area contributed by atoms with E-state index in [0.717, 1.165) is 32.1 Å². The highest BCUT2D eigenvalue weighted by atomic mass is 16.6. The van der Waals surface area contributed by atoms with Crippen molar-refractivity contribution in [2.24, 2.45) is 0 Å².